The van der Waals surface area contributed by atoms with Gasteiger partial charge in [-0.05, 0) is 37.1 Å². The number of benzene rings is 2. The average molecular weight is 346 g/mol. The van der Waals surface area contributed by atoms with Crippen molar-refractivity contribution in [3.63, 3.8) is 0 Å². The topological polar surface area (TPSA) is 59.5 Å². The summed E-state index contributed by atoms with van der Waals surface area (Å²) < 4.78 is 5.38. The monoisotopic (exact) mass is 346 g/mol. The molecule has 4 rings (SSSR count). The van der Waals surface area contributed by atoms with Gasteiger partial charge in [-0.1, -0.05) is 42.5 Å². The second kappa shape index (κ2) is 6.59. The lowest BCUT2D eigenvalue weighted by Crippen LogP contribution is -2.39. The Morgan fingerprint density at radius 3 is 2.69 bits per heavy atom. The minimum atomic E-state index is -0.873. The lowest BCUT2D eigenvalue weighted by molar-refractivity contribution is -0.126. The SMILES string of the molecule is C[C@H](OC(=O)c1ccc2ccccc2n1)C(=O)N1CCc2ccccc21. The van der Waals surface area contributed by atoms with Crippen molar-refractivity contribution in [2.75, 3.05) is 11.4 Å². The Morgan fingerprint density at radius 2 is 1.81 bits per heavy atom. The molecular weight excluding hydrogens is 328 g/mol. The van der Waals surface area contributed by atoms with E-state index in [2.05, 4.69) is 4.98 Å². The summed E-state index contributed by atoms with van der Waals surface area (Å²) in [7, 11) is 0. The first-order valence-electron chi connectivity index (χ1n) is 8.59. The van der Waals surface area contributed by atoms with Crippen LogP contribution in [0.25, 0.3) is 10.9 Å². The van der Waals surface area contributed by atoms with Crippen molar-refractivity contribution in [3.05, 3.63) is 71.9 Å². The Bertz CT molecular complexity index is 999. The van der Waals surface area contributed by atoms with Gasteiger partial charge in [0, 0.05) is 17.6 Å². The number of para-hydroxylation sites is 2. The number of nitrogens with zero attached hydrogens (tertiary/aromatic N) is 2. The molecule has 0 N–H and O–H groups in total. The molecule has 0 bridgehead atoms. The number of anilines is 1. The van der Waals surface area contributed by atoms with Crippen molar-refractivity contribution >= 4 is 28.5 Å². The van der Waals surface area contributed by atoms with Gasteiger partial charge in [-0.15, -0.1) is 0 Å². The van der Waals surface area contributed by atoms with Gasteiger partial charge >= 0.3 is 5.97 Å². The van der Waals surface area contributed by atoms with Crippen molar-refractivity contribution in [1.82, 2.24) is 4.98 Å². The molecule has 0 unspecified atom stereocenters. The highest BCUT2D eigenvalue weighted by Gasteiger charge is 2.30. The largest absolute Gasteiger partial charge is 0.448 e. The molecule has 1 amide bonds. The number of pyridine rings is 1. The third-order valence-corrected chi connectivity index (χ3v) is 4.59. The van der Waals surface area contributed by atoms with Crippen molar-refractivity contribution in [3.8, 4) is 0 Å². The minimum Gasteiger partial charge on any atom is -0.448 e. The number of hydrogen-bond donors (Lipinski definition) is 0. The quantitative estimate of drug-likeness (QED) is 0.682. The average Bonchev–Trinajstić information content (AvgIpc) is 3.11. The van der Waals surface area contributed by atoms with Crippen LogP contribution in [0.5, 0.6) is 0 Å². The van der Waals surface area contributed by atoms with E-state index in [-0.39, 0.29) is 11.6 Å². The van der Waals surface area contributed by atoms with Gasteiger partial charge in [0.05, 0.1) is 5.52 Å². The standard InChI is InChI=1S/C21H18N2O3/c1-14(20(24)23-13-12-16-7-3-5-9-19(16)23)26-21(25)18-11-10-15-6-2-4-8-17(15)22-18/h2-11,14H,12-13H2,1H3/t14-/m0/s1. The van der Waals surface area contributed by atoms with E-state index in [1.54, 1.807) is 17.9 Å². The van der Waals surface area contributed by atoms with E-state index < -0.39 is 12.1 Å². The highest BCUT2D eigenvalue weighted by atomic mass is 16.5. The third-order valence-electron chi connectivity index (χ3n) is 4.59. The van der Waals surface area contributed by atoms with Gasteiger partial charge in [0.25, 0.3) is 5.91 Å². The first-order chi connectivity index (χ1) is 12.6. The predicted octanol–water partition coefficient (Wildman–Crippen LogP) is 3.37. The van der Waals surface area contributed by atoms with E-state index >= 15 is 0 Å². The summed E-state index contributed by atoms with van der Waals surface area (Å²) in [6.45, 7) is 2.20. The Balaban J connectivity index is 1.49. The van der Waals surface area contributed by atoms with Crippen molar-refractivity contribution < 1.29 is 14.3 Å². The molecule has 0 fully saturated rings. The summed E-state index contributed by atoms with van der Waals surface area (Å²) in [6, 6.07) is 18.8. The first-order valence-corrected chi connectivity index (χ1v) is 8.59. The molecule has 1 aliphatic heterocycles. The third kappa shape index (κ3) is 2.92. The van der Waals surface area contributed by atoms with Crippen LogP contribution in [-0.4, -0.2) is 29.5 Å². The zero-order valence-corrected chi connectivity index (χ0v) is 14.4. The maximum absolute atomic E-state index is 12.7. The normalized spacial score (nSPS) is 14.1. The van der Waals surface area contributed by atoms with Gasteiger partial charge < -0.3 is 9.64 Å². The molecular formula is C21H18N2O3. The summed E-state index contributed by atoms with van der Waals surface area (Å²) in [5.74, 6) is -0.812. The highest BCUT2D eigenvalue weighted by molar-refractivity contribution is 6.00. The van der Waals surface area contributed by atoms with E-state index in [0.29, 0.717) is 6.54 Å². The number of aromatic nitrogens is 1. The van der Waals surface area contributed by atoms with Crippen LogP contribution in [-0.2, 0) is 16.0 Å². The number of carbonyl (C=O) groups is 2. The van der Waals surface area contributed by atoms with Gasteiger partial charge in [0.1, 0.15) is 5.69 Å². The zero-order valence-electron chi connectivity index (χ0n) is 14.4. The number of ether oxygens (including phenoxy) is 1. The molecule has 1 aliphatic rings. The highest BCUT2D eigenvalue weighted by Crippen LogP contribution is 2.28. The number of hydrogen-bond acceptors (Lipinski definition) is 4. The fourth-order valence-corrected chi connectivity index (χ4v) is 3.24. The molecule has 0 aliphatic carbocycles. The van der Waals surface area contributed by atoms with Gasteiger partial charge in [-0.3, -0.25) is 4.79 Å². The lowest BCUT2D eigenvalue weighted by atomic mass is 10.2. The maximum Gasteiger partial charge on any atom is 0.357 e. The van der Waals surface area contributed by atoms with E-state index in [4.69, 9.17) is 4.74 Å². The van der Waals surface area contributed by atoms with E-state index in [0.717, 1.165) is 28.6 Å². The minimum absolute atomic E-state index is 0.199. The van der Waals surface area contributed by atoms with Gasteiger partial charge in [0.2, 0.25) is 0 Å². The number of carbonyl (C=O) groups excluding carboxylic acids is 2. The van der Waals surface area contributed by atoms with Crippen LogP contribution in [0.3, 0.4) is 0 Å². The summed E-state index contributed by atoms with van der Waals surface area (Å²) in [5, 5.41) is 0.946. The zero-order chi connectivity index (χ0) is 18.1. The van der Waals surface area contributed by atoms with Crippen molar-refractivity contribution in [2.45, 2.75) is 19.4 Å². The molecule has 5 heteroatoms. The molecule has 0 saturated heterocycles. The van der Waals surface area contributed by atoms with Crippen LogP contribution in [0.15, 0.2) is 60.7 Å². The molecule has 1 atom stereocenters. The Morgan fingerprint density at radius 1 is 1.04 bits per heavy atom. The van der Waals surface area contributed by atoms with Crippen LogP contribution in [0.4, 0.5) is 5.69 Å². The maximum atomic E-state index is 12.7. The molecule has 3 aromatic rings. The smallest absolute Gasteiger partial charge is 0.357 e. The lowest BCUT2D eigenvalue weighted by Gasteiger charge is -2.21. The molecule has 2 aromatic carbocycles. The van der Waals surface area contributed by atoms with E-state index in [1.807, 2.05) is 54.6 Å². The fourth-order valence-electron chi connectivity index (χ4n) is 3.24. The Kier molecular flexibility index (Phi) is 4.13. The number of fused-ring (bicyclic) bond motifs is 2. The Hall–Kier alpha value is -3.21. The molecule has 1 aromatic heterocycles. The molecule has 5 nitrogen and oxygen atoms in total. The Labute approximate surface area is 151 Å². The second-order valence-electron chi connectivity index (χ2n) is 6.31. The predicted molar refractivity (Wildman–Crippen MR) is 99.1 cm³/mol. The van der Waals surface area contributed by atoms with Gasteiger partial charge in [0.15, 0.2) is 6.10 Å². The molecule has 130 valence electrons. The van der Waals surface area contributed by atoms with E-state index in [1.165, 1.54) is 0 Å². The second-order valence-corrected chi connectivity index (χ2v) is 6.31. The van der Waals surface area contributed by atoms with Crippen molar-refractivity contribution in [2.24, 2.45) is 0 Å². The number of rotatable bonds is 3. The van der Waals surface area contributed by atoms with Gasteiger partial charge in [-0.25, -0.2) is 9.78 Å². The summed E-state index contributed by atoms with van der Waals surface area (Å²) in [5.41, 5.74) is 2.94. The van der Waals surface area contributed by atoms with Crippen molar-refractivity contribution in [1.29, 1.82) is 0 Å². The van der Waals surface area contributed by atoms with Crippen LogP contribution < -0.4 is 4.90 Å². The summed E-state index contributed by atoms with van der Waals surface area (Å²) >= 11 is 0. The summed E-state index contributed by atoms with van der Waals surface area (Å²) in [4.78, 5) is 31.1. The molecule has 0 radical (unpaired) electrons. The first kappa shape index (κ1) is 16.3. The number of esters is 1. The number of amides is 1. The molecule has 0 saturated carbocycles. The van der Waals surface area contributed by atoms with E-state index in [9.17, 15) is 9.59 Å². The molecule has 2 heterocycles. The fraction of sp³-hybridized carbons (Fsp3) is 0.190. The molecule has 0 spiro atoms. The van der Waals surface area contributed by atoms with Crippen LogP contribution in [0, 0.1) is 0 Å². The van der Waals surface area contributed by atoms with Gasteiger partial charge in [-0.2, -0.15) is 0 Å². The van der Waals surface area contributed by atoms with Crippen LogP contribution >= 0.6 is 0 Å². The summed E-state index contributed by atoms with van der Waals surface area (Å²) in [6.07, 6.45) is -0.0589. The molecule has 26 heavy (non-hydrogen) atoms. The van der Waals surface area contributed by atoms with Crippen LogP contribution in [0.2, 0.25) is 0 Å². The van der Waals surface area contributed by atoms with Crippen LogP contribution in [0.1, 0.15) is 23.0 Å².